The van der Waals surface area contributed by atoms with Crippen molar-refractivity contribution in [1.29, 1.82) is 0 Å². The van der Waals surface area contributed by atoms with Crippen LogP contribution >= 0.6 is 12.4 Å². The predicted octanol–water partition coefficient (Wildman–Crippen LogP) is 2.80. The summed E-state index contributed by atoms with van der Waals surface area (Å²) in [5.74, 6) is 1.06. The molecular formula is C19H28ClN3O2. The van der Waals surface area contributed by atoms with Crippen LogP contribution in [0.25, 0.3) is 0 Å². The molecule has 2 amide bonds. The number of halogens is 1. The smallest absolute Gasteiger partial charge is 0.255 e. The maximum absolute atomic E-state index is 12.7. The number of likely N-dealkylation sites (tertiary alicyclic amines) is 2. The number of amides is 2. The number of nitrogens with zero attached hydrogens (tertiary/aromatic N) is 2. The highest BCUT2D eigenvalue weighted by atomic mass is 35.5. The lowest BCUT2D eigenvalue weighted by Gasteiger charge is -2.36. The van der Waals surface area contributed by atoms with Crippen LogP contribution in [0.15, 0.2) is 24.3 Å². The van der Waals surface area contributed by atoms with Crippen molar-refractivity contribution in [3.8, 4) is 0 Å². The lowest BCUT2D eigenvalue weighted by Crippen LogP contribution is -2.46. The van der Waals surface area contributed by atoms with E-state index in [0.717, 1.165) is 44.7 Å². The molecule has 6 heteroatoms. The van der Waals surface area contributed by atoms with Crippen LogP contribution in [-0.2, 0) is 4.79 Å². The number of piperidine rings is 2. The highest BCUT2D eigenvalue weighted by molar-refractivity contribution is 5.99. The van der Waals surface area contributed by atoms with Gasteiger partial charge in [0.1, 0.15) is 0 Å². The summed E-state index contributed by atoms with van der Waals surface area (Å²) in [6.07, 6.45) is 3.72. The summed E-state index contributed by atoms with van der Waals surface area (Å²) >= 11 is 0. The van der Waals surface area contributed by atoms with E-state index >= 15 is 0 Å². The highest BCUT2D eigenvalue weighted by Crippen LogP contribution is 2.25. The number of rotatable bonds is 2. The molecule has 0 saturated carbocycles. The molecule has 0 radical (unpaired) electrons. The van der Waals surface area contributed by atoms with Gasteiger partial charge in [-0.15, -0.1) is 12.4 Å². The number of carbonyl (C=O) groups excluding carboxylic acids is 2. The molecule has 3 rings (SSSR count). The number of hydrogen-bond acceptors (Lipinski definition) is 3. The van der Waals surface area contributed by atoms with Gasteiger partial charge in [-0.25, -0.2) is 0 Å². The quantitative estimate of drug-likeness (QED) is 0.819. The Hall–Kier alpha value is -1.75. The number of hydrogen-bond donors (Lipinski definition) is 1. The van der Waals surface area contributed by atoms with Gasteiger partial charge < -0.3 is 15.5 Å². The molecule has 2 aliphatic heterocycles. The number of anilines is 1. The van der Waals surface area contributed by atoms with Gasteiger partial charge in [0.15, 0.2) is 0 Å². The Morgan fingerprint density at radius 1 is 0.960 bits per heavy atom. The van der Waals surface area contributed by atoms with Crippen molar-refractivity contribution in [2.45, 2.75) is 32.6 Å². The van der Waals surface area contributed by atoms with Crippen LogP contribution in [0.2, 0.25) is 0 Å². The molecule has 5 nitrogen and oxygen atoms in total. The lowest BCUT2D eigenvalue weighted by atomic mass is 9.92. The van der Waals surface area contributed by atoms with Crippen molar-refractivity contribution in [2.75, 3.05) is 31.9 Å². The number of benzene rings is 1. The first-order chi connectivity index (χ1) is 11.6. The van der Waals surface area contributed by atoms with E-state index in [0.29, 0.717) is 24.3 Å². The number of carbonyl (C=O) groups is 2. The summed E-state index contributed by atoms with van der Waals surface area (Å²) in [6, 6.07) is 7.18. The largest absolute Gasteiger partial charge is 0.398 e. The fourth-order valence-corrected chi connectivity index (χ4v) is 3.68. The SMILES string of the molecule is CC1CCN(C(=O)C2CCN(C(=O)c3ccccc3N)CC2)CC1.Cl. The molecule has 138 valence electrons. The van der Waals surface area contributed by atoms with Gasteiger partial charge in [-0.05, 0) is 43.7 Å². The molecule has 0 aliphatic carbocycles. The maximum atomic E-state index is 12.7. The van der Waals surface area contributed by atoms with E-state index in [9.17, 15) is 9.59 Å². The second-order valence-electron chi connectivity index (χ2n) is 7.16. The Bertz CT molecular complexity index is 606. The Morgan fingerprint density at radius 3 is 2.12 bits per heavy atom. The molecule has 25 heavy (non-hydrogen) atoms. The first-order valence-corrected chi connectivity index (χ1v) is 8.99. The van der Waals surface area contributed by atoms with E-state index in [1.165, 1.54) is 0 Å². The minimum absolute atomic E-state index is 0. The zero-order valence-electron chi connectivity index (χ0n) is 14.8. The molecule has 2 aliphatic rings. The zero-order valence-corrected chi connectivity index (χ0v) is 15.6. The van der Waals surface area contributed by atoms with Crippen LogP contribution in [0.4, 0.5) is 5.69 Å². The van der Waals surface area contributed by atoms with Crippen molar-refractivity contribution in [2.24, 2.45) is 11.8 Å². The van der Waals surface area contributed by atoms with Crippen molar-refractivity contribution >= 4 is 29.9 Å². The monoisotopic (exact) mass is 365 g/mol. The molecule has 2 heterocycles. The second kappa shape index (κ2) is 8.56. The van der Waals surface area contributed by atoms with Gasteiger partial charge >= 0.3 is 0 Å². The van der Waals surface area contributed by atoms with Gasteiger partial charge in [-0.2, -0.15) is 0 Å². The Balaban J connectivity index is 0.00000225. The third kappa shape index (κ3) is 4.46. The van der Waals surface area contributed by atoms with Crippen LogP contribution in [-0.4, -0.2) is 47.8 Å². The topological polar surface area (TPSA) is 66.6 Å². The fraction of sp³-hybridized carbons (Fsp3) is 0.579. The summed E-state index contributed by atoms with van der Waals surface area (Å²) in [6.45, 7) is 5.29. The van der Waals surface area contributed by atoms with Crippen LogP contribution in [0, 0.1) is 11.8 Å². The summed E-state index contributed by atoms with van der Waals surface area (Å²) in [5, 5.41) is 0. The molecule has 0 unspecified atom stereocenters. The minimum atomic E-state index is -0.0224. The standard InChI is InChI=1S/C19H27N3O2.ClH/c1-14-6-10-21(11-7-14)18(23)15-8-12-22(13-9-15)19(24)16-4-2-3-5-17(16)20;/h2-5,14-15H,6-13,20H2,1H3;1H. The van der Waals surface area contributed by atoms with E-state index < -0.39 is 0 Å². The van der Waals surface area contributed by atoms with E-state index in [-0.39, 0.29) is 30.1 Å². The van der Waals surface area contributed by atoms with Crippen LogP contribution in [0.3, 0.4) is 0 Å². The molecular weight excluding hydrogens is 338 g/mol. The van der Waals surface area contributed by atoms with Gasteiger partial charge in [0.25, 0.3) is 5.91 Å². The number of nitrogen functional groups attached to an aromatic ring is 1. The number of nitrogens with two attached hydrogens (primary N) is 1. The van der Waals surface area contributed by atoms with Gasteiger partial charge in [0.05, 0.1) is 5.56 Å². The fourth-order valence-electron chi connectivity index (χ4n) is 3.68. The van der Waals surface area contributed by atoms with E-state index in [4.69, 9.17) is 5.73 Å². The van der Waals surface area contributed by atoms with Crippen molar-refractivity contribution in [1.82, 2.24) is 9.80 Å². The number of para-hydroxylation sites is 1. The molecule has 2 saturated heterocycles. The summed E-state index contributed by atoms with van der Waals surface area (Å²) in [7, 11) is 0. The van der Waals surface area contributed by atoms with Gasteiger partial charge in [-0.3, -0.25) is 9.59 Å². The average molecular weight is 366 g/mol. The summed E-state index contributed by atoms with van der Waals surface area (Å²) in [4.78, 5) is 29.1. The first-order valence-electron chi connectivity index (χ1n) is 8.99. The van der Waals surface area contributed by atoms with Gasteiger partial charge in [0.2, 0.25) is 5.91 Å². The van der Waals surface area contributed by atoms with Crippen molar-refractivity contribution < 1.29 is 9.59 Å². The Morgan fingerprint density at radius 2 is 1.52 bits per heavy atom. The predicted molar refractivity (Wildman–Crippen MR) is 102 cm³/mol. The average Bonchev–Trinajstić information content (AvgIpc) is 2.62. The zero-order chi connectivity index (χ0) is 17.1. The summed E-state index contributed by atoms with van der Waals surface area (Å²) in [5.41, 5.74) is 6.98. The molecule has 1 aromatic carbocycles. The van der Waals surface area contributed by atoms with Crippen molar-refractivity contribution in [3.05, 3.63) is 29.8 Å². The Kier molecular flexibility index (Phi) is 6.71. The van der Waals surface area contributed by atoms with Gasteiger partial charge in [-0.1, -0.05) is 19.1 Å². The first kappa shape index (κ1) is 19.6. The molecule has 0 atom stereocenters. The lowest BCUT2D eigenvalue weighted by molar-refractivity contribution is -0.138. The van der Waals surface area contributed by atoms with E-state index in [1.54, 1.807) is 12.1 Å². The second-order valence-corrected chi connectivity index (χ2v) is 7.16. The summed E-state index contributed by atoms with van der Waals surface area (Å²) < 4.78 is 0. The normalized spacial score (nSPS) is 19.4. The van der Waals surface area contributed by atoms with Crippen LogP contribution in [0.1, 0.15) is 43.0 Å². The molecule has 0 spiro atoms. The minimum Gasteiger partial charge on any atom is -0.398 e. The third-order valence-corrected chi connectivity index (χ3v) is 5.42. The Labute approximate surface area is 155 Å². The van der Waals surface area contributed by atoms with E-state index in [1.807, 2.05) is 21.9 Å². The maximum Gasteiger partial charge on any atom is 0.255 e. The molecule has 2 fully saturated rings. The molecule has 0 bridgehead atoms. The van der Waals surface area contributed by atoms with Gasteiger partial charge in [0, 0.05) is 37.8 Å². The van der Waals surface area contributed by atoms with Crippen molar-refractivity contribution in [3.63, 3.8) is 0 Å². The van der Waals surface area contributed by atoms with Crippen LogP contribution in [0.5, 0.6) is 0 Å². The third-order valence-electron chi connectivity index (χ3n) is 5.42. The molecule has 1 aromatic rings. The molecule has 2 N–H and O–H groups in total. The van der Waals surface area contributed by atoms with Crippen LogP contribution < -0.4 is 5.73 Å². The highest BCUT2D eigenvalue weighted by Gasteiger charge is 2.32. The van der Waals surface area contributed by atoms with E-state index in [2.05, 4.69) is 6.92 Å². The molecule has 0 aromatic heterocycles.